The van der Waals surface area contributed by atoms with Crippen LogP contribution in [0.3, 0.4) is 0 Å². The Kier molecular flexibility index (Phi) is 4.18. The standard InChI is InChI=1S/C22H14ClN5O/c23-15-7-5-14(6-8-15)19-13-17(16-3-1-2-4-18(16)26-19)22(29)27-21-9-11-24-20-10-12-25-28(20)21/h1-13H,(H,27,29). The normalized spacial score (nSPS) is 11.1. The van der Waals surface area contributed by atoms with E-state index in [1.807, 2.05) is 36.4 Å². The number of fused-ring (bicyclic) bond motifs is 2. The molecule has 0 aliphatic rings. The molecule has 29 heavy (non-hydrogen) atoms. The molecule has 0 spiro atoms. The minimum Gasteiger partial charge on any atom is -0.306 e. The molecule has 140 valence electrons. The van der Waals surface area contributed by atoms with Crippen molar-refractivity contribution in [3.05, 3.63) is 89.7 Å². The minimum atomic E-state index is -0.248. The van der Waals surface area contributed by atoms with Crippen molar-refractivity contribution in [2.75, 3.05) is 5.32 Å². The molecule has 3 aromatic heterocycles. The van der Waals surface area contributed by atoms with Crippen molar-refractivity contribution in [2.24, 2.45) is 0 Å². The monoisotopic (exact) mass is 399 g/mol. The number of anilines is 1. The highest BCUT2D eigenvalue weighted by atomic mass is 35.5. The van der Waals surface area contributed by atoms with Crippen molar-refractivity contribution in [3.8, 4) is 11.3 Å². The molecule has 5 rings (SSSR count). The van der Waals surface area contributed by atoms with Crippen molar-refractivity contribution in [2.45, 2.75) is 0 Å². The number of carbonyl (C=O) groups excluding carboxylic acids is 1. The topological polar surface area (TPSA) is 72.2 Å². The summed E-state index contributed by atoms with van der Waals surface area (Å²) in [4.78, 5) is 22.1. The highest BCUT2D eigenvalue weighted by molar-refractivity contribution is 6.30. The maximum absolute atomic E-state index is 13.2. The minimum absolute atomic E-state index is 0.248. The maximum atomic E-state index is 13.2. The van der Waals surface area contributed by atoms with Gasteiger partial charge in [0, 0.05) is 28.2 Å². The van der Waals surface area contributed by atoms with E-state index in [2.05, 4.69) is 15.4 Å². The smallest absolute Gasteiger partial charge is 0.257 e. The van der Waals surface area contributed by atoms with E-state index in [9.17, 15) is 4.79 Å². The second-order valence-corrected chi connectivity index (χ2v) is 6.90. The zero-order valence-corrected chi connectivity index (χ0v) is 15.8. The molecule has 0 saturated carbocycles. The number of rotatable bonds is 3. The molecule has 0 unspecified atom stereocenters. The first-order valence-electron chi connectivity index (χ1n) is 8.95. The van der Waals surface area contributed by atoms with Gasteiger partial charge in [0.1, 0.15) is 5.82 Å². The Morgan fingerprint density at radius 1 is 0.966 bits per heavy atom. The lowest BCUT2D eigenvalue weighted by Crippen LogP contribution is -2.16. The summed E-state index contributed by atoms with van der Waals surface area (Å²) in [6.45, 7) is 0. The summed E-state index contributed by atoms with van der Waals surface area (Å²) in [5.74, 6) is 0.292. The fraction of sp³-hybridized carbons (Fsp3) is 0. The van der Waals surface area contributed by atoms with Gasteiger partial charge in [-0.05, 0) is 30.3 Å². The van der Waals surface area contributed by atoms with Gasteiger partial charge in [0.15, 0.2) is 5.65 Å². The van der Waals surface area contributed by atoms with Gasteiger partial charge in [0.05, 0.1) is 23.0 Å². The van der Waals surface area contributed by atoms with Crippen LogP contribution in [0.15, 0.2) is 79.1 Å². The van der Waals surface area contributed by atoms with E-state index < -0.39 is 0 Å². The van der Waals surface area contributed by atoms with Gasteiger partial charge < -0.3 is 5.32 Å². The molecule has 7 heteroatoms. The average Bonchev–Trinajstić information content (AvgIpc) is 3.23. The summed E-state index contributed by atoms with van der Waals surface area (Å²) >= 11 is 6.01. The molecule has 0 radical (unpaired) electrons. The summed E-state index contributed by atoms with van der Waals surface area (Å²) in [7, 11) is 0. The van der Waals surface area contributed by atoms with Crippen LogP contribution in [-0.2, 0) is 0 Å². The zero-order chi connectivity index (χ0) is 19.8. The van der Waals surface area contributed by atoms with Gasteiger partial charge >= 0.3 is 0 Å². The highest BCUT2D eigenvalue weighted by Crippen LogP contribution is 2.26. The number of para-hydroxylation sites is 1. The number of nitrogens with zero attached hydrogens (tertiary/aromatic N) is 4. The summed E-state index contributed by atoms with van der Waals surface area (Å²) < 4.78 is 1.58. The molecule has 5 aromatic rings. The van der Waals surface area contributed by atoms with Crippen molar-refractivity contribution >= 4 is 39.9 Å². The van der Waals surface area contributed by atoms with Crippen LogP contribution in [0.5, 0.6) is 0 Å². The van der Waals surface area contributed by atoms with Crippen molar-refractivity contribution < 1.29 is 4.79 Å². The second kappa shape index (κ2) is 7.00. The third kappa shape index (κ3) is 3.19. The molecule has 1 amide bonds. The van der Waals surface area contributed by atoms with E-state index in [0.717, 1.165) is 16.5 Å². The van der Waals surface area contributed by atoms with Crippen molar-refractivity contribution in [1.82, 2.24) is 19.6 Å². The molecule has 0 fully saturated rings. The molecule has 0 atom stereocenters. The summed E-state index contributed by atoms with van der Waals surface area (Å²) in [6, 6.07) is 20.2. The maximum Gasteiger partial charge on any atom is 0.257 e. The Morgan fingerprint density at radius 3 is 2.66 bits per heavy atom. The summed E-state index contributed by atoms with van der Waals surface area (Å²) in [5, 5.41) is 8.57. The average molecular weight is 400 g/mol. The number of carbonyl (C=O) groups is 1. The quantitative estimate of drug-likeness (QED) is 0.470. The van der Waals surface area contributed by atoms with Crippen LogP contribution in [0, 0.1) is 0 Å². The molecular weight excluding hydrogens is 386 g/mol. The van der Waals surface area contributed by atoms with E-state index >= 15 is 0 Å². The van der Waals surface area contributed by atoms with Crippen LogP contribution >= 0.6 is 11.6 Å². The van der Waals surface area contributed by atoms with Gasteiger partial charge in [-0.25, -0.2) is 9.97 Å². The summed E-state index contributed by atoms with van der Waals surface area (Å²) in [5.41, 5.74) is 3.50. The molecule has 0 aliphatic heterocycles. The molecule has 0 aliphatic carbocycles. The summed E-state index contributed by atoms with van der Waals surface area (Å²) in [6.07, 6.45) is 3.27. The Morgan fingerprint density at radius 2 is 1.79 bits per heavy atom. The number of pyridine rings is 1. The van der Waals surface area contributed by atoms with Gasteiger partial charge in [0.25, 0.3) is 5.91 Å². The van der Waals surface area contributed by atoms with Crippen LogP contribution in [0.25, 0.3) is 27.8 Å². The predicted octanol–water partition coefficient (Wildman–Crippen LogP) is 4.85. The van der Waals surface area contributed by atoms with Gasteiger partial charge in [-0.15, -0.1) is 0 Å². The van der Waals surface area contributed by atoms with Crippen LogP contribution in [-0.4, -0.2) is 25.5 Å². The fourth-order valence-electron chi connectivity index (χ4n) is 3.24. The molecule has 2 aromatic carbocycles. The lowest BCUT2D eigenvalue weighted by Gasteiger charge is -2.11. The van der Waals surface area contributed by atoms with Crippen LogP contribution in [0.4, 0.5) is 5.82 Å². The Bertz CT molecular complexity index is 1360. The number of hydrogen-bond acceptors (Lipinski definition) is 4. The van der Waals surface area contributed by atoms with Crippen LogP contribution in [0.2, 0.25) is 5.02 Å². The molecule has 0 bridgehead atoms. The molecular formula is C22H14ClN5O. The third-order valence-electron chi connectivity index (χ3n) is 4.63. The highest BCUT2D eigenvalue weighted by Gasteiger charge is 2.15. The number of benzene rings is 2. The van der Waals surface area contributed by atoms with Gasteiger partial charge in [-0.1, -0.05) is 41.9 Å². The van der Waals surface area contributed by atoms with Crippen molar-refractivity contribution in [3.63, 3.8) is 0 Å². The lowest BCUT2D eigenvalue weighted by molar-refractivity contribution is 0.102. The second-order valence-electron chi connectivity index (χ2n) is 6.46. The fourth-order valence-corrected chi connectivity index (χ4v) is 3.37. The molecule has 0 saturated heterocycles. The Balaban J connectivity index is 1.62. The van der Waals surface area contributed by atoms with E-state index in [0.29, 0.717) is 27.7 Å². The third-order valence-corrected chi connectivity index (χ3v) is 4.88. The van der Waals surface area contributed by atoms with E-state index in [1.54, 1.807) is 47.2 Å². The number of halogens is 1. The number of hydrogen-bond donors (Lipinski definition) is 1. The number of aromatic nitrogens is 4. The Hall–Kier alpha value is -3.77. The molecule has 3 heterocycles. The van der Waals surface area contributed by atoms with E-state index in [4.69, 9.17) is 16.6 Å². The number of amides is 1. The molecule has 1 N–H and O–H groups in total. The van der Waals surface area contributed by atoms with Gasteiger partial charge in [-0.2, -0.15) is 9.61 Å². The Labute approximate surface area is 170 Å². The van der Waals surface area contributed by atoms with Gasteiger partial charge in [0.2, 0.25) is 0 Å². The van der Waals surface area contributed by atoms with Gasteiger partial charge in [-0.3, -0.25) is 4.79 Å². The largest absolute Gasteiger partial charge is 0.306 e. The van der Waals surface area contributed by atoms with Crippen LogP contribution < -0.4 is 5.32 Å². The first-order valence-corrected chi connectivity index (χ1v) is 9.33. The SMILES string of the molecule is O=C(Nc1ccnc2ccnn12)c1cc(-c2ccc(Cl)cc2)nc2ccccc12. The van der Waals surface area contributed by atoms with Crippen molar-refractivity contribution in [1.29, 1.82) is 0 Å². The zero-order valence-electron chi connectivity index (χ0n) is 15.1. The first-order chi connectivity index (χ1) is 14.2. The number of nitrogens with one attached hydrogen (secondary N) is 1. The van der Waals surface area contributed by atoms with E-state index in [1.165, 1.54) is 0 Å². The first kappa shape index (κ1) is 17.3. The van der Waals surface area contributed by atoms with Crippen LogP contribution in [0.1, 0.15) is 10.4 Å². The predicted molar refractivity (Wildman–Crippen MR) is 113 cm³/mol. The lowest BCUT2D eigenvalue weighted by atomic mass is 10.0. The van der Waals surface area contributed by atoms with E-state index in [-0.39, 0.29) is 5.91 Å². The molecule has 6 nitrogen and oxygen atoms in total.